The molecule has 5 rings (SSSR count). The Bertz CT molecular complexity index is 734. The summed E-state index contributed by atoms with van der Waals surface area (Å²) in [5.74, 6) is 1.92. The minimum atomic E-state index is 0.233. The quantitative estimate of drug-likeness (QED) is 0.899. The normalized spacial score (nSPS) is 30.6. The standard InChI is InChI=1S/C21H29N3O/c1-2-6-16-13-24(11-9-15(16)5-1)14-18-17-7-3-10-22-21(17)23-20(18)19-8-4-12-25-19/h3,7,10,15-16,19H,1-2,4-6,8-9,11-14H2,(H,22,23)/t15-,16+,19-/m1/s1. The zero-order valence-corrected chi connectivity index (χ0v) is 15.0. The van der Waals surface area contributed by atoms with Gasteiger partial charge in [-0.05, 0) is 61.8 Å². The monoisotopic (exact) mass is 339 g/mol. The van der Waals surface area contributed by atoms with Gasteiger partial charge in [-0.1, -0.05) is 19.3 Å². The summed E-state index contributed by atoms with van der Waals surface area (Å²) in [6.45, 7) is 4.46. The molecule has 2 saturated heterocycles. The van der Waals surface area contributed by atoms with Crippen LogP contribution in [0.5, 0.6) is 0 Å². The number of rotatable bonds is 3. The van der Waals surface area contributed by atoms with E-state index >= 15 is 0 Å². The number of hydrogen-bond donors (Lipinski definition) is 1. The van der Waals surface area contributed by atoms with E-state index in [2.05, 4.69) is 27.0 Å². The summed E-state index contributed by atoms with van der Waals surface area (Å²) in [6.07, 6.45) is 11.6. The Balaban J connectivity index is 1.42. The van der Waals surface area contributed by atoms with Gasteiger partial charge in [0.1, 0.15) is 5.65 Å². The molecule has 0 radical (unpaired) electrons. The van der Waals surface area contributed by atoms with E-state index in [0.717, 1.165) is 37.1 Å². The number of piperidine rings is 1. The molecule has 0 spiro atoms. The van der Waals surface area contributed by atoms with E-state index in [1.807, 2.05) is 6.20 Å². The first-order valence-corrected chi connectivity index (χ1v) is 10.2. The van der Waals surface area contributed by atoms with Crippen molar-refractivity contribution in [1.29, 1.82) is 0 Å². The molecule has 3 atom stereocenters. The van der Waals surface area contributed by atoms with Gasteiger partial charge in [0.25, 0.3) is 0 Å². The van der Waals surface area contributed by atoms with Gasteiger partial charge in [0, 0.05) is 31.3 Å². The molecule has 0 amide bonds. The van der Waals surface area contributed by atoms with Crippen LogP contribution in [0.3, 0.4) is 0 Å². The van der Waals surface area contributed by atoms with E-state index in [1.165, 1.54) is 68.3 Å². The van der Waals surface area contributed by atoms with Crippen LogP contribution in [-0.4, -0.2) is 34.6 Å². The Labute approximate surface area is 150 Å². The Kier molecular flexibility index (Phi) is 4.26. The Morgan fingerprint density at radius 3 is 2.92 bits per heavy atom. The van der Waals surface area contributed by atoms with Gasteiger partial charge >= 0.3 is 0 Å². The summed E-state index contributed by atoms with van der Waals surface area (Å²) in [7, 11) is 0. The smallest absolute Gasteiger partial charge is 0.137 e. The molecule has 4 heteroatoms. The summed E-state index contributed by atoms with van der Waals surface area (Å²) in [4.78, 5) is 10.8. The van der Waals surface area contributed by atoms with Crippen molar-refractivity contribution < 1.29 is 4.74 Å². The van der Waals surface area contributed by atoms with Gasteiger partial charge in [-0.25, -0.2) is 4.98 Å². The van der Waals surface area contributed by atoms with Gasteiger partial charge < -0.3 is 9.72 Å². The van der Waals surface area contributed by atoms with E-state index in [0.29, 0.717) is 0 Å². The van der Waals surface area contributed by atoms with Gasteiger partial charge in [-0.2, -0.15) is 0 Å². The second-order valence-corrected chi connectivity index (χ2v) is 8.25. The molecular weight excluding hydrogens is 310 g/mol. The highest BCUT2D eigenvalue weighted by atomic mass is 16.5. The molecule has 3 fully saturated rings. The summed E-state index contributed by atoms with van der Waals surface area (Å²) in [5.41, 5.74) is 3.75. The lowest BCUT2D eigenvalue weighted by Gasteiger charge is -2.41. The fraction of sp³-hybridized carbons (Fsp3) is 0.667. The summed E-state index contributed by atoms with van der Waals surface area (Å²) < 4.78 is 6.01. The Morgan fingerprint density at radius 1 is 1.12 bits per heavy atom. The molecule has 134 valence electrons. The molecule has 2 aromatic heterocycles. The number of H-pyrrole nitrogens is 1. The number of ether oxygens (including phenoxy) is 1. The third-order valence-corrected chi connectivity index (χ3v) is 6.72. The summed E-state index contributed by atoms with van der Waals surface area (Å²) in [5, 5.41) is 1.29. The molecule has 3 aliphatic rings. The Hall–Kier alpha value is -1.39. The first-order chi connectivity index (χ1) is 12.4. The second-order valence-electron chi connectivity index (χ2n) is 8.25. The topological polar surface area (TPSA) is 41.1 Å². The zero-order chi connectivity index (χ0) is 16.6. The van der Waals surface area contributed by atoms with E-state index in [1.54, 1.807) is 0 Å². The maximum atomic E-state index is 6.01. The maximum absolute atomic E-state index is 6.01. The van der Waals surface area contributed by atoms with Crippen LogP contribution in [0.25, 0.3) is 11.0 Å². The number of likely N-dealkylation sites (tertiary alicyclic amines) is 1. The molecule has 2 aromatic rings. The van der Waals surface area contributed by atoms with Crippen molar-refractivity contribution in [1.82, 2.24) is 14.9 Å². The van der Waals surface area contributed by atoms with Gasteiger partial charge in [-0.3, -0.25) is 4.90 Å². The van der Waals surface area contributed by atoms with Crippen molar-refractivity contribution in [2.24, 2.45) is 11.8 Å². The van der Waals surface area contributed by atoms with Crippen LogP contribution in [-0.2, 0) is 11.3 Å². The summed E-state index contributed by atoms with van der Waals surface area (Å²) in [6, 6.07) is 4.28. The lowest BCUT2D eigenvalue weighted by molar-refractivity contribution is 0.0796. The van der Waals surface area contributed by atoms with E-state index < -0.39 is 0 Å². The van der Waals surface area contributed by atoms with Crippen LogP contribution in [0.2, 0.25) is 0 Å². The fourth-order valence-corrected chi connectivity index (χ4v) is 5.39. The minimum Gasteiger partial charge on any atom is -0.372 e. The van der Waals surface area contributed by atoms with E-state index in [9.17, 15) is 0 Å². The lowest BCUT2D eigenvalue weighted by atomic mass is 9.75. The molecule has 4 heterocycles. The van der Waals surface area contributed by atoms with Crippen molar-refractivity contribution >= 4 is 11.0 Å². The van der Waals surface area contributed by atoms with Crippen molar-refractivity contribution in [3.8, 4) is 0 Å². The second kappa shape index (κ2) is 6.73. The number of aromatic nitrogens is 2. The fourth-order valence-electron chi connectivity index (χ4n) is 5.39. The molecule has 0 bridgehead atoms. The van der Waals surface area contributed by atoms with Gasteiger partial charge in [0.15, 0.2) is 0 Å². The number of pyridine rings is 1. The molecular formula is C21H29N3O. The van der Waals surface area contributed by atoms with Gasteiger partial charge in [0.2, 0.25) is 0 Å². The Morgan fingerprint density at radius 2 is 2.04 bits per heavy atom. The highest BCUT2D eigenvalue weighted by Gasteiger charge is 2.32. The number of hydrogen-bond acceptors (Lipinski definition) is 3. The average molecular weight is 339 g/mol. The van der Waals surface area contributed by atoms with Crippen LogP contribution in [0.1, 0.15) is 62.3 Å². The molecule has 1 aliphatic carbocycles. The molecule has 4 nitrogen and oxygen atoms in total. The number of aromatic amines is 1. The highest BCUT2D eigenvalue weighted by Crippen LogP contribution is 2.38. The first-order valence-electron chi connectivity index (χ1n) is 10.2. The molecule has 0 aromatic carbocycles. The first kappa shape index (κ1) is 15.8. The highest BCUT2D eigenvalue weighted by molar-refractivity contribution is 5.81. The number of nitrogens with zero attached hydrogens (tertiary/aromatic N) is 2. The predicted molar refractivity (Wildman–Crippen MR) is 99.4 cm³/mol. The van der Waals surface area contributed by atoms with Crippen molar-refractivity contribution in [3.05, 3.63) is 29.6 Å². The van der Waals surface area contributed by atoms with Crippen LogP contribution >= 0.6 is 0 Å². The van der Waals surface area contributed by atoms with Crippen molar-refractivity contribution in [2.45, 2.75) is 57.6 Å². The molecule has 1 N–H and O–H groups in total. The molecule has 1 saturated carbocycles. The third-order valence-electron chi connectivity index (χ3n) is 6.72. The SMILES string of the molecule is c1cnc2[nH]c([C@H]3CCCO3)c(CN3CC[C@H]4CCCC[C@H]4C3)c2c1. The van der Waals surface area contributed by atoms with E-state index in [4.69, 9.17) is 4.74 Å². The van der Waals surface area contributed by atoms with Gasteiger partial charge in [0.05, 0.1) is 11.8 Å². The lowest BCUT2D eigenvalue weighted by Crippen LogP contribution is -2.41. The van der Waals surface area contributed by atoms with Crippen LogP contribution in [0.15, 0.2) is 18.3 Å². The number of nitrogens with one attached hydrogen (secondary N) is 1. The van der Waals surface area contributed by atoms with Crippen LogP contribution in [0, 0.1) is 11.8 Å². The predicted octanol–water partition coefficient (Wildman–Crippen LogP) is 4.43. The number of fused-ring (bicyclic) bond motifs is 2. The minimum absolute atomic E-state index is 0.233. The van der Waals surface area contributed by atoms with Crippen molar-refractivity contribution in [2.75, 3.05) is 19.7 Å². The van der Waals surface area contributed by atoms with Crippen LogP contribution < -0.4 is 0 Å². The average Bonchev–Trinajstić information content (AvgIpc) is 3.30. The summed E-state index contributed by atoms with van der Waals surface area (Å²) >= 11 is 0. The third kappa shape index (κ3) is 3.00. The largest absolute Gasteiger partial charge is 0.372 e. The molecule has 0 unspecified atom stereocenters. The zero-order valence-electron chi connectivity index (χ0n) is 15.0. The van der Waals surface area contributed by atoms with Crippen molar-refractivity contribution in [3.63, 3.8) is 0 Å². The van der Waals surface area contributed by atoms with Gasteiger partial charge in [-0.15, -0.1) is 0 Å². The van der Waals surface area contributed by atoms with E-state index in [-0.39, 0.29) is 6.10 Å². The van der Waals surface area contributed by atoms with Crippen LogP contribution in [0.4, 0.5) is 0 Å². The maximum Gasteiger partial charge on any atom is 0.137 e. The molecule has 2 aliphatic heterocycles. The molecule has 25 heavy (non-hydrogen) atoms.